The van der Waals surface area contributed by atoms with Crippen molar-refractivity contribution in [1.29, 1.82) is 0 Å². The predicted molar refractivity (Wildman–Crippen MR) is 80.7 cm³/mol. The molecule has 1 aromatic heterocycles. The molecule has 19 heavy (non-hydrogen) atoms. The van der Waals surface area contributed by atoms with Crippen molar-refractivity contribution >= 4 is 11.5 Å². The molecule has 3 nitrogen and oxygen atoms in total. The molecular weight excluding hydrogens is 234 g/mol. The number of aryl methyl sites for hydroxylation is 2. The van der Waals surface area contributed by atoms with Crippen LogP contribution in [0.1, 0.15) is 23.7 Å². The quantitative estimate of drug-likeness (QED) is 0.912. The lowest BCUT2D eigenvalue weighted by atomic mass is 10.1. The third-order valence-electron chi connectivity index (χ3n) is 3.34. The van der Waals surface area contributed by atoms with Crippen molar-refractivity contribution < 1.29 is 0 Å². The summed E-state index contributed by atoms with van der Waals surface area (Å²) < 4.78 is 0. The van der Waals surface area contributed by atoms with E-state index in [1.807, 2.05) is 19.2 Å². The Labute approximate surface area is 115 Å². The number of anilines is 2. The van der Waals surface area contributed by atoms with Crippen LogP contribution in [0.2, 0.25) is 0 Å². The number of nitrogens with two attached hydrogens (primary N) is 1. The van der Waals surface area contributed by atoms with Crippen LogP contribution in [0.15, 0.2) is 36.4 Å². The lowest BCUT2D eigenvalue weighted by Gasteiger charge is -2.21. The van der Waals surface area contributed by atoms with Crippen LogP contribution in [-0.2, 0) is 13.0 Å². The van der Waals surface area contributed by atoms with Gasteiger partial charge in [0.25, 0.3) is 0 Å². The van der Waals surface area contributed by atoms with Crippen molar-refractivity contribution in [1.82, 2.24) is 4.98 Å². The Bertz CT molecular complexity index is 541. The fraction of sp³-hybridized carbons (Fsp3) is 0.312. The molecule has 0 unspecified atom stereocenters. The van der Waals surface area contributed by atoms with Gasteiger partial charge in [0.05, 0.1) is 0 Å². The Morgan fingerprint density at radius 1 is 1.21 bits per heavy atom. The van der Waals surface area contributed by atoms with Crippen molar-refractivity contribution in [2.75, 3.05) is 11.9 Å². The molecule has 0 atom stereocenters. The second-order valence-electron chi connectivity index (χ2n) is 4.73. The number of benzene rings is 1. The summed E-state index contributed by atoms with van der Waals surface area (Å²) in [5, 5.41) is 0. The number of rotatable bonds is 4. The highest BCUT2D eigenvalue weighted by atomic mass is 15.2. The molecule has 100 valence electrons. The first kappa shape index (κ1) is 13.6. The Kier molecular flexibility index (Phi) is 4.17. The van der Waals surface area contributed by atoms with E-state index in [9.17, 15) is 0 Å². The van der Waals surface area contributed by atoms with Gasteiger partial charge < -0.3 is 10.6 Å². The summed E-state index contributed by atoms with van der Waals surface area (Å²) in [7, 11) is 2.05. The number of hydrogen-bond acceptors (Lipinski definition) is 3. The summed E-state index contributed by atoms with van der Waals surface area (Å²) in [5.74, 6) is 0.953. The fourth-order valence-electron chi connectivity index (χ4n) is 2.17. The van der Waals surface area contributed by atoms with Gasteiger partial charge in [0.2, 0.25) is 0 Å². The number of para-hydroxylation sites is 1. The van der Waals surface area contributed by atoms with E-state index >= 15 is 0 Å². The third-order valence-corrected chi connectivity index (χ3v) is 3.34. The van der Waals surface area contributed by atoms with Gasteiger partial charge in [-0.15, -0.1) is 0 Å². The third kappa shape index (κ3) is 2.93. The molecule has 0 saturated carbocycles. The van der Waals surface area contributed by atoms with Crippen molar-refractivity contribution in [3.63, 3.8) is 0 Å². The van der Waals surface area contributed by atoms with Gasteiger partial charge in [0.15, 0.2) is 0 Å². The summed E-state index contributed by atoms with van der Waals surface area (Å²) in [4.78, 5) is 6.81. The Morgan fingerprint density at radius 3 is 2.58 bits per heavy atom. The first-order valence-corrected chi connectivity index (χ1v) is 6.65. The molecule has 0 aliphatic heterocycles. The van der Waals surface area contributed by atoms with Crippen LogP contribution >= 0.6 is 0 Å². The van der Waals surface area contributed by atoms with Crippen molar-refractivity contribution in [3.05, 3.63) is 53.2 Å². The molecule has 2 rings (SSSR count). The van der Waals surface area contributed by atoms with Gasteiger partial charge in [-0.1, -0.05) is 25.1 Å². The van der Waals surface area contributed by atoms with Gasteiger partial charge in [-0.2, -0.15) is 0 Å². The number of pyridine rings is 1. The highest BCUT2D eigenvalue weighted by Crippen LogP contribution is 2.26. The van der Waals surface area contributed by atoms with Crippen molar-refractivity contribution in [2.24, 2.45) is 5.73 Å². The molecule has 0 bridgehead atoms. The summed E-state index contributed by atoms with van der Waals surface area (Å²) in [6.07, 6.45) is 0.919. The van der Waals surface area contributed by atoms with E-state index in [1.165, 1.54) is 11.3 Å². The second-order valence-corrected chi connectivity index (χ2v) is 4.73. The summed E-state index contributed by atoms with van der Waals surface area (Å²) in [6.45, 7) is 4.77. The van der Waals surface area contributed by atoms with Gasteiger partial charge >= 0.3 is 0 Å². The normalized spacial score (nSPS) is 10.5. The minimum atomic E-state index is 0.546. The largest absolute Gasteiger partial charge is 0.329 e. The number of nitrogens with zero attached hydrogens (tertiary/aromatic N) is 2. The van der Waals surface area contributed by atoms with Crippen LogP contribution in [0.5, 0.6) is 0 Å². The maximum Gasteiger partial charge on any atom is 0.133 e. The first-order chi connectivity index (χ1) is 9.15. The molecule has 0 aliphatic rings. The first-order valence-electron chi connectivity index (χ1n) is 6.65. The molecular formula is C16H21N3. The standard InChI is InChI=1S/C16H21N3/c1-4-14-9-13(11-17)10-16(18-14)19(3)15-8-6-5-7-12(15)2/h5-10H,4,11,17H2,1-3H3. The Morgan fingerprint density at radius 2 is 1.95 bits per heavy atom. The van der Waals surface area contributed by atoms with Gasteiger partial charge in [0.1, 0.15) is 5.82 Å². The lowest BCUT2D eigenvalue weighted by molar-refractivity contribution is 0.970. The minimum absolute atomic E-state index is 0.546. The van der Waals surface area contributed by atoms with Crippen LogP contribution < -0.4 is 10.6 Å². The summed E-state index contributed by atoms with van der Waals surface area (Å²) in [6, 6.07) is 12.5. The van der Waals surface area contributed by atoms with Crippen LogP contribution in [0, 0.1) is 6.92 Å². The molecule has 1 aromatic carbocycles. The lowest BCUT2D eigenvalue weighted by Crippen LogP contribution is -2.14. The van der Waals surface area contributed by atoms with Crippen LogP contribution in [-0.4, -0.2) is 12.0 Å². The van der Waals surface area contributed by atoms with E-state index in [-0.39, 0.29) is 0 Å². The van der Waals surface area contributed by atoms with E-state index in [0.717, 1.165) is 23.5 Å². The highest BCUT2D eigenvalue weighted by Gasteiger charge is 2.09. The van der Waals surface area contributed by atoms with Crippen LogP contribution in [0.3, 0.4) is 0 Å². The SMILES string of the molecule is CCc1cc(CN)cc(N(C)c2ccccc2C)n1. The summed E-state index contributed by atoms with van der Waals surface area (Å²) >= 11 is 0. The Hall–Kier alpha value is -1.87. The molecule has 0 saturated heterocycles. The molecule has 2 N–H and O–H groups in total. The molecule has 0 amide bonds. The summed E-state index contributed by atoms with van der Waals surface area (Å²) in [5.41, 5.74) is 10.4. The molecule has 3 heteroatoms. The minimum Gasteiger partial charge on any atom is -0.329 e. The monoisotopic (exact) mass is 255 g/mol. The predicted octanol–water partition coefficient (Wildman–Crippen LogP) is 3.18. The topological polar surface area (TPSA) is 42.1 Å². The average molecular weight is 255 g/mol. The number of aromatic nitrogens is 1. The zero-order valence-electron chi connectivity index (χ0n) is 11.9. The van der Waals surface area contributed by atoms with Gasteiger partial charge in [-0.3, -0.25) is 0 Å². The fourth-order valence-corrected chi connectivity index (χ4v) is 2.17. The average Bonchev–Trinajstić information content (AvgIpc) is 2.46. The number of hydrogen-bond donors (Lipinski definition) is 1. The van der Waals surface area contributed by atoms with Crippen LogP contribution in [0.25, 0.3) is 0 Å². The van der Waals surface area contributed by atoms with E-state index in [2.05, 4.69) is 48.0 Å². The highest BCUT2D eigenvalue weighted by molar-refractivity contribution is 5.63. The van der Waals surface area contributed by atoms with E-state index in [0.29, 0.717) is 6.54 Å². The van der Waals surface area contributed by atoms with Crippen LogP contribution in [0.4, 0.5) is 11.5 Å². The van der Waals surface area contributed by atoms with E-state index in [4.69, 9.17) is 5.73 Å². The molecule has 1 heterocycles. The van der Waals surface area contributed by atoms with Gasteiger partial charge in [-0.25, -0.2) is 4.98 Å². The molecule has 0 aliphatic carbocycles. The zero-order valence-corrected chi connectivity index (χ0v) is 11.9. The van der Waals surface area contributed by atoms with E-state index < -0.39 is 0 Å². The van der Waals surface area contributed by atoms with Gasteiger partial charge in [0, 0.05) is 25.0 Å². The van der Waals surface area contributed by atoms with E-state index in [1.54, 1.807) is 0 Å². The van der Waals surface area contributed by atoms with Crippen molar-refractivity contribution in [3.8, 4) is 0 Å². The van der Waals surface area contributed by atoms with Gasteiger partial charge in [-0.05, 0) is 42.7 Å². The smallest absolute Gasteiger partial charge is 0.133 e. The maximum absolute atomic E-state index is 5.76. The molecule has 0 spiro atoms. The Balaban J connectivity index is 2.43. The molecule has 0 fully saturated rings. The molecule has 0 radical (unpaired) electrons. The maximum atomic E-state index is 5.76. The second kappa shape index (κ2) is 5.85. The zero-order chi connectivity index (χ0) is 13.8. The van der Waals surface area contributed by atoms with Crippen molar-refractivity contribution in [2.45, 2.75) is 26.8 Å². The molecule has 2 aromatic rings.